The molecular formula is C50H40F6O10S2. The van der Waals surface area contributed by atoms with E-state index in [0.717, 1.165) is 46.9 Å². The highest BCUT2D eigenvalue weighted by Gasteiger charge is 2.78. The molecule has 2 heterocycles. The van der Waals surface area contributed by atoms with Crippen molar-refractivity contribution < 1.29 is 74.8 Å². The Hall–Kier alpha value is -6.92. The molecule has 354 valence electrons. The van der Waals surface area contributed by atoms with Crippen LogP contribution in [0.4, 0.5) is 26.3 Å². The summed E-state index contributed by atoms with van der Waals surface area (Å²) >= 11 is 1.56. The van der Waals surface area contributed by atoms with Crippen LogP contribution in [0.3, 0.4) is 0 Å². The molecule has 0 fully saturated rings. The van der Waals surface area contributed by atoms with Crippen molar-refractivity contribution in [2.45, 2.75) is 50.9 Å². The lowest BCUT2D eigenvalue weighted by atomic mass is 9.49. The number of alkyl halides is 6. The Labute approximate surface area is 392 Å². The summed E-state index contributed by atoms with van der Waals surface area (Å²) < 4.78 is 93.0. The van der Waals surface area contributed by atoms with Gasteiger partial charge in [-0.1, -0.05) is 84.9 Å². The Morgan fingerprint density at radius 2 is 0.838 bits per heavy atom. The molecule has 4 aromatic carbocycles. The van der Waals surface area contributed by atoms with E-state index in [1.54, 1.807) is 60.7 Å². The van der Waals surface area contributed by atoms with Gasteiger partial charge in [-0.25, -0.2) is 0 Å². The smallest absolute Gasteiger partial charge is 0.416 e. The average Bonchev–Trinajstić information content (AvgIpc) is 4.01. The summed E-state index contributed by atoms with van der Waals surface area (Å²) in [4.78, 5) is 89.0. The molecule has 0 bridgehead atoms. The van der Waals surface area contributed by atoms with Crippen molar-refractivity contribution in [3.63, 3.8) is 0 Å². The molecular weight excluding hydrogens is 939 g/mol. The number of ketones is 2. The molecule has 2 N–H and O–H groups in total. The molecule has 0 amide bonds. The lowest BCUT2D eigenvalue weighted by molar-refractivity contribution is -0.205. The van der Waals surface area contributed by atoms with Gasteiger partial charge < -0.3 is 19.7 Å². The standard InChI is InChI=1S/C50H40F6O10S2/c1-3-65-45(63)48(46(64)66-4-2,38(42-24-34(28-68-42)30-13-9-6-10-14-30)26-40(58)32-17-21-36(22-18-32)50(54,55)56)47(43(59)60,44(61)62)37(41-23-33(27-67-41)29-11-7-5-8-12-29)25-39(57)31-15-19-35(20-16-31)49(51,52)53/h5-24,27-28,37-38H,3-4,25-26H2,1-2H3,(H,59,60)(H,61,62). The molecule has 0 spiro atoms. The number of ether oxygens (including phenoxy) is 2. The molecule has 0 aliphatic carbocycles. The molecule has 10 nitrogen and oxygen atoms in total. The van der Waals surface area contributed by atoms with Gasteiger partial charge in [0.05, 0.1) is 24.3 Å². The molecule has 0 aliphatic rings. The van der Waals surface area contributed by atoms with Crippen molar-refractivity contribution in [3.05, 3.63) is 164 Å². The summed E-state index contributed by atoms with van der Waals surface area (Å²) in [5.41, 5.74) is -8.85. The molecule has 0 radical (unpaired) electrons. The number of carboxylic acid groups (broad SMARTS) is 2. The molecule has 0 aliphatic heterocycles. The number of carboxylic acids is 2. The SMILES string of the molecule is CCOC(=O)C(C(=O)OCC)(C(CC(=O)c1ccc(C(F)(F)F)cc1)c1cc(-c2ccccc2)cs1)C(C(=O)O)(C(=O)O)C(CC(=O)c1ccc(C(F)(F)F)cc1)c1cc(-c2ccccc2)cs1. The number of thiophene rings is 2. The van der Waals surface area contributed by atoms with E-state index in [1.807, 2.05) is 0 Å². The zero-order chi connectivity index (χ0) is 49.6. The number of benzene rings is 4. The van der Waals surface area contributed by atoms with Crippen LogP contribution in [0.5, 0.6) is 0 Å². The maximum Gasteiger partial charge on any atom is 0.416 e. The predicted octanol–water partition coefficient (Wildman–Crippen LogP) is 11.9. The van der Waals surface area contributed by atoms with Gasteiger partial charge >= 0.3 is 36.2 Å². The second kappa shape index (κ2) is 20.5. The number of carbonyl (C=O) groups is 6. The largest absolute Gasteiger partial charge is 0.480 e. The summed E-state index contributed by atoms with van der Waals surface area (Å²) in [6, 6.07) is 25.2. The van der Waals surface area contributed by atoms with E-state index in [0.29, 0.717) is 46.5 Å². The highest BCUT2D eigenvalue weighted by Crippen LogP contribution is 2.62. The van der Waals surface area contributed by atoms with Crippen LogP contribution in [0.25, 0.3) is 22.3 Å². The lowest BCUT2D eigenvalue weighted by Gasteiger charge is -2.48. The molecule has 0 saturated carbocycles. The normalized spacial score (nSPS) is 13.0. The molecule has 68 heavy (non-hydrogen) atoms. The summed E-state index contributed by atoms with van der Waals surface area (Å²) in [5.74, 6) is -15.0. The van der Waals surface area contributed by atoms with Crippen LogP contribution in [0.15, 0.2) is 132 Å². The van der Waals surface area contributed by atoms with E-state index in [-0.39, 0.29) is 9.75 Å². The third kappa shape index (κ3) is 9.87. The van der Waals surface area contributed by atoms with Crippen LogP contribution in [-0.2, 0) is 41.0 Å². The van der Waals surface area contributed by atoms with Gasteiger partial charge in [-0.2, -0.15) is 26.3 Å². The van der Waals surface area contributed by atoms with E-state index in [2.05, 4.69) is 0 Å². The lowest BCUT2D eigenvalue weighted by Crippen LogP contribution is -2.67. The van der Waals surface area contributed by atoms with Crippen LogP contribution in [0, 0.1) is 10.8 Å². The number of aliphatic carboxylic acids is 2. The van der Waals surface area contributed by atoms with Crippen molar-refractivity contribution in [3.8, 4) is 22.3 Å². The number of rotatable bonds is 19. The molecule has 6 aromatic rings. The minimum Gasteiger partial charge on any atom is -0.480 e. The highest BCUT2D eigenvalue weighted by molar-refractivity contribution is 7.10. The van der Waals surface area contributed by atoms with Crippen LogP contribution in [-0.4, -0.2) is 58.9 Å². The van der Waals surface area contributed by atoms with Gasteiger partial charge in [0.25, 0.3) is 0 Å². The monoisotopic (exact) mass is 978 g/mol. The van der Waals surface area contributed by atoms with Crippen LogP contribution >= 0.6 is 22.7 Å². The Morgan fingerprint density at radius 3 is 1.15 bits per heavy atom. The quantitative estimate of drug-likeness (QED) is 0.0346. The van der Waals surface area contributed by atoms with Crippen LogP contribution < -0.4 is 0 Å². The number of hydrogen-bond donors (Lipinski definition) is 2. The topological polar surface area (TPSA) is 161 Å². The molecule has 2 aromatic heterocycles. The zero-order valence-electron chi connectivity index (χ0n) is 35.9. The third-order valence-corrected chi connectivity index (χ3v) is 13.6. The Bertz CT molecular complexity index is 2750. The van der Waals surface area contributed by atoms with E-state index in [4.69, 9.17) is 9.47 Å². The minimum atomic E-state index is -4.83. The average molecular weight is 979 g/mol. The number of carbonyl (C=O) groups excluding carboxylic acids is 4. The van der Waals surface area contributed by atoms with E-state index in [9.17, 15) is 55.7 Å². The molecule has 0 saturated heterocycles. The first-order chi connectivity index (χ1) is 32.2. The second-order valence-electron chi connectivity index (χ2n) is 15.4. The van der Waals surface area contributed by atoms with Gasteiger partial charge in [0, 0.05) is 45.6 Å². The van der Waals surface area contributed by atoms with E-state index in [1.165, 1.54) is 36.7 Å². The zero-order valence-corrected chi connectivity index (χ0v) is 37.6. The highest BCUT2D eigenvalue weighted by atomic mass is 32.1. The molecule has 6 rings (SSSR count). The number of esters is 2. The van der Waals surface area contributed by atoms with Crippen LogP contribution in [0.1, 0.15) is 80.1 Å². The third-order valence-electron chi connectivity index (χ3n) is 11.5. The fourth-order valence-corrected chi connectivity index (χ4v) is 10.5. The number of Topliss-reactive ketones (excluding diaryl/α,β-unsaturated/α-hetero) is 2. The fraction of sp³-hybridized carbons (Fsp3) is 0.240. The van der Waals surface area contributed by atoms with Crippen molar-refractivity contribution in [2.75, 3.05) is 13.2 Å². The van der Waals surface area contributed by atoms with Gasteiger partial charge in [-0.15, -0.1) is 22.7 Å². The van der Waals surface area contributed by atoms with Crippen molar-refractivity contribution >= 4 is 58.1 Å². The first kappa shape index (κ1) is 50.5. The maximum atomic E-state index is 15.4. The number of halogens is 6. The first-order valence-corrected chi connectivity index (χ1v) is 22.5. The van der Waals surface area contributed by atoms with E-state index < -0.39 is 119 Å². The molecule has 2 atom stereocenters. The summed E-state index contributed by atoms with van der Waals surface area (Å²) in [7, 11) is 0. The van der Waals surface area contributed by atoms with Crippen molar-refractivity contribution in [1.29, 1.82) is 0 Å². The first-order valence-electron chi connectivity index (χ1n) is 20.7. The van der Waals surface area contributed by atoms with Crippen molar-refractivity contribution in [2.24, 2.45) is 10.8 Å². The van der Waals surface area contributed by atoms with Gasteiger partial charge in [-0.3, -0.25) is 28.8 Å². The Kier molecular flexibility index (Phi) is 15.2. The predicted molar refractivity (Wildman–Crippen MR) is 239 cm³/mol. The molecule has 18 heteroatoms. The fourth-order valence-electron chi connectivity index (χ4n) is 8.32. The summed E-state index contributed by atoms with van der Waals surface area (Å²) in [6.45, 7) is 1.33. The summed E-state index contributed by atoms with van der Waals surface area (Å²) in [5, 5.41) is 26.7. The minimum absolute atomic E-state index is 0.138. The van der Waals surface area contributed by atoms with Crippen LogP contribution in [0.2, 0.25) is 0 Å². The summed E-state index contributed by atoms with van der Waals surface area (Å²) in [6.07, 6.45) is -12.0. The Morgan fingerprint density at radius 1 is 0.500 bits per heavy atom. The number of hydrogen-bond acceptors (Lipinski definition) is 10. The van der Waals surface area contributed by atoms with Gasteiger partial charge in [0.2, 0.25) is 0 Å². The van der Waals surface area contributed by atoms with E-state index >= 15 is 9.59 Å². The van der Waals surface area contributed by atoms with Gasteiger partial charge in [0.1, 0.15) is 0 Å². The van der Waals surface area contributed by atoms with Gasteiger partial charge in [0.15, 0.2) is 22.4 Å². The molecule has 2 unspecified atom stereocenters. The van der Waals surface area contributed by atoms with Crippen molar-refractivity contribution in [1.82, 2.24) is 0 Å². The second-order valence-corrected chi connectivity index (χ2v) is 17.3. The van der Waals surface area contributed by atoms with Gasteiger partial charge in [-0.05, 0) is 83.3 Å². The Balaban J connectivity index is 1.73. The maximum absolute atomic E-state index is 15.4.